The first kappa shape index (κ1) is 13.1. The Morgan fingerprint density at radius 3 is 2.89 bits per heavy atom. The van der Waals surface area contributed by atoms with Crippen LogP contribution in [0.4, 0.5) is 8.78 Å². The first-order chi connectivity index (χ1) is 8.63. The summed E-state index contributed by atoms with van der Waals surface area (Å²) in [5, 5.41) is 2.47. The number of thiazole rings is 1. The van der Waals surface area contributed by atoms with Crippen molar-refractivity contribution in [2.75, 3.05) is 0 Å². The van der Waals surface area contributed by atoms with E-state index >= 15 is 0 Å². The first-order valence-corrected chi connectivity index (χ1v) is 6.66. The molecule has 0 spiro atoms. The van der Waals surface area contributed by atoms with Gasteiger partial charge in [-0.15, -0.1) is 11.3 Å². The highest BCUT2D eigenvalue weighted by Gasteiger charge is 2.15. The molecule has 0 amide bonds. The van der Waals surface area contributed by atoms with Gasteiger partial charge in [-0.1, -0.05) is 19.4 Å². The molecule has 96 valence electrons. The lowest BCUT2D eigenvalue weighted by Gasteiger charge is -2.05. The molecule has 0 saturated carbocycles. The maximum atomic E-state index is 13.6. The van der Waals surface area contributed by atoms with Gasteiger partial charge in [0.1, 0.15) is 5.01 Å². The molecular weight excluding hydrogens is 254 g/mol. The Labute approximate surface area is 108 Å². The van der Waals surface area contributed by atoms with Crippen molar-refractivity contribution in [1.29, 1.82) is 0 Å². The minimum Gasteiger partial charge on any atom is -0.322 e. The molecule has 0 saturated heterocycles. The maximum absolute atomic E-state index is 13.6. The lowest BCUT2D eigenvalue weighted by atomic mass is 10.1. The van der Waals surface area contributed by atoms with Crippen molar-refractivity contribution in [3.05, 3.63) is 40.2 Å². The van der Waals surface area contributed by atoms with Crippen LogP contribution in [0, 0.1) is 11.6 Å². The standard InChI is InChI=1S/C13H14F2N2S/c1-2-4-10(16)13-17-11(7-18-13)8-5-3-6-9(14)12(8)15/h3,5-7,10H,2,4,16H2,1H3. The molecule has 18 heavy (non-hydrogen) atoms. The molecule has 0 fully saturated rings. The molecule has 0 aliphatic rings. The van der Waals surface area contributed by atoms with Crippen LogP contribution in [0.3, 0.4) is 0 Å². The summed E-state index contributed by atoms with van der Waals surface area (Å²) in [7, 11) is 0. The van der Waals surface area contributed by atoms with Crippen molar-refractivity contribution in [2.45, 2.75) is 25.8 Å². The third-order valence-electron chi connectivity index (χ3n) is 2.67. The van der Waals surface area contributed by atoms with Crippen LogP contribution in [0.15, 0.2) is 23.6 Å². The lowest BCUT2D eigenvalue weighted by molar-refractivity contribution is 0.511. The molecule has 2 N–H and O–H groups in total. The Hall–Kier alpha value is -1.33. The van der Waals surface area contributed by atoms with Crippen LogP contribution in [0.2, 0.25) is 0 Å². The molecule has 0 aliphatic carbocycles. The molecule has 2 nitrogen and oxygen atoms in total. The van der Waals surface area contributed by atoms with E-state index in [4.69, 9.17) is 5.73 Å². The highest BCUT2D eigenvalue weighted by atomic mass is 32.1. The van der Waals surface area contributed by atoms with Crippen LogP contribution in [0.5, 0.6) is 0 Å². The fourth-order valence-electron chi connectivity index (χ4n) is 1.72. The van der Waals surface area contributed by atoms with E-state index in [9.17, 15) is 8.78 Å². The van der Waals surface area contributed by atoms with Gasteiger partial charge in [-0.3, -0.25) is 0 Å². The van der Waals surface area contributed by atoms with Gasteiger partial charge in [0.15, 0.2) is 11.6 Å². The van der Waals surface area contributed by atoms with Crippen molar-refractivity contribution >= 4 is 11.3 Å². The van der Waals surface area contributed by atoms with Gasteiger partial charge in [0.05, 0.1) is 11.7 Å². The van der Waals surface area contributed by atoms with Gasteiger partial charge in [0, 0.05) is 10.9 Å². The van der Waals surface area contributed by atoms with E-state index in [1.54, 1.807) is 5.38 Å². The monoisotopic (exact) mass is 268 g/mol. The summed E-state index contributed by atoms with van der Waals surface area (Å²) in [6, 6.07) is 3.95. The quantitative estimate of drug-likeness (QED) is 0.913. The van der Waals surface area contributed by atoms with Crippen LogP contribution in [-0.4, -0.2) is 4.98 Å². The molecule has 2 rings (SSSR count). The van der Waals surface area contributed by atoms with Gasteiger partial charge in [-0.05, 0) is 18.6 Å². The molecule has 0 radical (unpaired) electrons. The first-order valence-electron chi connectivity index (χ1n) is 5.79. The number of halogens is 2. The summed E-state index contributed by atoms with van der Waals surface area (Å²) < 4.78 is 26.7. The zero-order valence-electron chi connectivity index (χ0n) is 9.99. The van der Waals surface area contributed by atoms with Gasteiger partial charge in [-0.2, -0.15) is 0 Å². The number of benzene rings is 1. The highest BCUT2D eigenvalue weighted by Crippen LogP contribution is 2.28. The molecule has 0 bridgehead atoms. The second-order valence-corrected chi connectivity index (χ2v) is 4.96. The maximum Gasteiger partial charge on any atom is 0.168 e. The van der Waals surface area contributed by atoms with Crippen molar-refractivity contribution < 1.29 is 8.78 Å². The fraction of sp³-hybridized carbons (Fsp3) is 0.308. The molecule has 2 aromatic rings. The molecular formula is C13H14F2N2S. The van der Waals surface area contributed by atoms with Gasteiger partial charge in [0.2, 0.25) is 0 Å². The van der Waals surface area contributed by atoms with E-state index in [2.05, 4.69) is 4.98 Å². The zero-order valence-corrected chi connectivity index (χ0v) is 10.8. The average Bonchev–Trinajstić information content (AvgIpc) is 2.82. The fourth-order valence-corrected chi connectivity index (χ4v) is 2.57. The second-order valence-electron chi connectivity index (χ2n) is 4.07. The number of nitrogens with two attached hydrogens (primary N) is 1. The number of aromatic nitrogens is 1. The number of nitrogens with zero attached hydrogens (tertiary/aromatic N) is 1. The van der Waals surface area contributed by atoms with Gasteiger partial charge in [0.25, 0.3) is 0 Å². The number of rotatable bonds is 4. The Balaban J connectivity index is 2.32. The topological polar surface area (TPSA) is 38.9 Å². The largest absolute Gasteiger partial charge is 0.322 e. The smallest absolute Gasteiger partial charge is 0.168 e. The van der Waals surface area contributed by atoms with E-state index in [1.165, 1.54) is 23.5 Å². The number of hydrogen-bond donors (Lipinski definition) is 1. The van der Waals surface area contributed by atoms with E-state index in [1.807, 2.05) is 6.92 Å². The minimum atomic E-state index is -0.863. The molecule has 1 heterocycles. The van der Waals surface area contributed by atoms with Gasteiger partial charge >= 0.3 is 0 Å². The average molecular weight is 268 g/mol. The summed E-state index contributed by atoms with van der Waals surface area (Å²) in [5.41, 5.74) is 6.57. The van der Waals surface area contributed by atoms with E-state index in [-0.39, 0.29) is 11.6 Å². The van der Waals surface area contributed by atoms with Crippen LogP contribution in [0.1, 0.15) is 30.8 Å². The van der Waals surface area contributed by atoms with Crippen LogP contribution in [-0.2, 0) is 0 Å². The molecule has 1 unspecified atom stereocenters. The van der Waals surface area contributed by atoms with Crippen molar-refractivity contribution in [1.82, 2.24) is 4.98 Å². The predicted octanol–water partition coefficient (Wildman–Crippen LogP) is 3.89. The second kappa shape index (κ2) is 5.54. The van der Waals surface area contributed by atoms with E-state index in [0.29, 0.717) is 5.69 Å². The van der Waals surface area contributed by atoms with Crippen molar-refractivity contribution in [2.24, 2.45) is 5.73 Å². The lowest BCUT2D eigenvalue weighted by Crippen LogP contribution is -2.09. The molecule has 0 aliphatic heterocycles. The minimum absolute atomic E-state index is 0.134. The Morgan fingerprint density at radius 2 is 2.17 bits per heavy atom. The number of hydrogen-bond acceptors (Lipinski definition) is 3. The van der Waals surface area contributed by atoms with Gasteiger partial charge in [-0.25, -0.2) is 13.8 Å². The molecule has 1 aromatic heterocycles. The summed E-state index contributed by atoms with van der Waals surface area (Å²) in [6.45, 7) is 2.04. The molecule has 1 aromatic carbocycles. The summed E-state index contributed by atoms with van der Waals surface area (Å²) in [6.07, 6.45) is 1.79. The Bertz CT molecular complexity index is 540. The SMILES string of the molecule is CCCC(N)c1nc(-c2cccc(F)c2F)cs1. The third-order valence-corrected chi connectivity index (χ3v) is 3.64. The summed E-state index contributed by atoms with van der Waals surface area (Å²) >= 11 is 1.38. The molecule has 1 atom stereocenters. The van der Waals surface area contributed by atoms with Crippen LogP contribution in [0.25, 0.3) is 11.3 Å². The Kier molecular flexibility index (Phi) is 4.04. The third kappa shape index (κ3) is 2.57. The summed E-state index contributed by atoms with van der Waals surface area (Å²) in [5.74, 6) is -1.72. The van der Waals surface area contributed by atoms with Crippen LogP contribution >= 0.6 is 11.3 Å². The van der Waals surface area contributed by atoms with E-state index in [0.717, 1.165) is 23.9 Å². The Morgan fingerprint density at radius 1 is 1.39 bits per heavy atom. The molecule has 5 heteroatoms. The zero-order chi connectivity index (χ0) is 13.1. The highest BCUT2D eigenvalue weighted by molar-refractivity contribution is 7.10. The van der Waals surface area contributed by atoms with Gasteiger partial charge < -0.3 is 5.73 Å². The summed E-state index contributed by atoms with van der Waals surface area (Å²) in [4.78, 5) is 4.29. The van der Waals surface area contributed by atoms with Crippen molar-refractivity contribution in [3.8, 4) is 11.3 Å². The predicted molar refractivity (Wildman–Crippen MR) is 69.3 cm³/mol. The normalized spacial score (nSPS) is 12.7. The van der Waals surface area contributed by atoms with E-state index < -0.39 is 11.6 Å². The van der Waals surface area contributed by atoms with Crippen molar-refractivity contribution in [3.63, 3.8) is 0 Å². The van der Waals surface area contributed by atoms with Crippen LogP contribution < -0.4 is 5.73 Å².